The van der Waals surface area contributed by atoms with E-state index in [0.717, 1.165) is 51.6 Å². The predicted octanol–water partition coefficient (Wildman–Crippen LogP) is 2.14. The highest BCUT2D eigenvalue weighted by molar-refractivity contribution is 6.16. The molecule has 28 heavy (non-hydrogen) atoms. The average Bonchev–Trinajstić information content (AvgIpc) is 2.73. The Morgan fingerprint density at radius 3 is 2.39 bits per heavy atom. The quantitative estimate of drug-likeness (QED) is 0.422. The Labute approximate surface area is 168 Å². The molecule has 1 atom stereocenters. The molecule has 0 heterocycles. The lowest BCUT2D eigenvalue weighted by molar-refractivity contribution is -0.114. The fourth-order valence-corrected chi connectivity index (χ4v) is 4.90. The molecule has 0 radical (unpaired) electrons. The molecule has 3 aliphatic rings. The standard InChI is InChI=1S/C21H33BN2O4/c1-2-27-21-12-9-20(10-13-21,11-14-21)17-7-5-16(6-8-17)19(25)24-18(28-22-26)4-3-15-23/h5-8,18,22,26H,2-4,9-15,23H2,1H3,(H,24,25)/t18-,20?,21?/m1/s1. The normalized spacial score (nSPS) is 27.4. The first-order valence-corrected chi connectivity index (χ1v) is 10.5. The van der Waals surface area contributed by atoms with E-state index in [1.165, 1.54) is 5.56 Å². The van der Waals surface area contributed by atoms with Crippen molar-refractivity contribution in [3.8, 4) is 0 Å². The number of ether oxygens (including phenoxy) is 1. The summed E-state index contributed by atoms with van der Waals surface area (Å²) >= 11 is 0. The third kappa shape index (κ3) is 4.59. The third-order valence-electron chi connectivity index (χ3n) is 6.63. The van der Waals surface area contributed by atoms with Crippen LogP contribution in [0.1, 0.15) is 74.2 Å². The lowest BCUT2D eigenvalue weighted by atomic mass is 9.56. The average molecular weight is 388 g/mol. The summed E-state index contributed by atoms with van der Waals surface area (Å²) in [5.41, 5.74) is 7.80. The SMILES string of the molecule is CCOC12CCC(c3ccc(C(=O)N[C@@H](CCCN)OBO)cc3)(CC1)CC2. The van der Waals surface area contributed by atoms with Gasteiger partial charge in [-0.25, -0.2) is 0 Å². The number of carbonyl (C=O) groups is 1. The maximum Gasteiger partial charge on any atom is 0.436 e. The van der Waals surface area contributed by atoms with E-state index in [4.69, 9.17) is 20.1 Å². The first-order valence-electron chi connectivity index (χ1n) is 10.5. The minimum Gasteiger partial charge on any atom is -0.430 e. The van der Waals surface area contributed by atoms with Gasteiger partial charge < -0.3 is 25.5 Å². The summed E-state index contributed by atoms with van der Waals surface area (Å²) in [7, 11) is -0.430. The highest BCUT2D eigenvalue weighted by atomic mass is 16.5. The number of rotatable bonds is 10. The summed E-state index contributed by atoms with van der Waals surface area (Å²) in [5, 5.41) is 11.8. The first-order chi connectivity index (χ1) is 13.6. The van der Waals surface area contributed by atoms with Gasteiger partial charge in [0, 0.05) is 12.2 Å². The molecule has 2 bridgehead atoms. The zero-order chi connectivity index (χ0) is 20.0. The summed E-state index contributed by atoms with van der Waals surface area (Å²) in [4.78, 5) is 12.5. The van der Waals surface area contributed by atoms with Crippen molar-refractivity contribution in [2.75, 3.05) is 13.2 Å². The second-order valence-electron chi connectivity index (χ2n) is 8.16. The molecule has 0 aliphatic heterocycles. The van der Waals surface area contributed by atoms with Gasteiger partial charge in [0.15, 0.2) is 0 Å². The molecule has 0 unspecified atom stereocenters. The Balaban J connectivity index is 1.63. The summed E-state index contributed by atoms with van der Waals surface area (Å²) in [6.45, 7) is 3.40. The molecule has 6 nitrogen and oxygen atoms in total. The molecule has 3 saturated carbocycles. The lowest BCUT2D eigenvalue weighted by Crippen LogP contribution is -2.49. The van der Waals surface area contributed by atoms with Crippen LogP contribution in [0.2, 0.25) is 0 Å². The Morgan fingerprint density at radius 2 is 1.86 bits per heavy atom. The molecule has 4 N–H and O–H groups in total. The Hall–Kier alpha value is -1.41. The van der Waals surface area contributed by atoms with Crippen molar-refractivity contribution >= 4 is 13.6 Å². The van der Waals surface area contributed by atoms with E-state index in [0.29, 0.717) is 18.5 Å². The highest BCUT2D eigenvalue weighted by Crippen LogP contribution is 2.54. The van der Waals surface area contributed by atoms with Crippen LogP contribution in [-0.2, 0) is 14.8 Å². The Kier molecular flexibility index (Phi) is 7.15. The molecule has 0 spiro atoms. The van der Waals surface area contributed by atoms with Gasteiger partial charge in [-0.1, -0.05) is 12.1 Å². The van der Waals surface area contributed by atoms with Gasteiger partial charge in [0.1, 0.15) is 6.23 Å². The number of benzene rings is 1. The molecule has 1 aromatic carbocycles. The number of amides is 1. The van der Waals surface area contributed by atoms with Crippen molar-refractivity contribution in [2.24, 2.45) is 5.73 Å². The zero-order valence-corrected chi connectivity index (χ0v) is 16.9. The summed E-state index contributed by atoms with van der Waals surface area (Å²) < 4.78 is 11.3. The molecule has 3 aliphatic carbocycles. The van der Waals surface area contributed by atoms with E-state index in [2.05, 4.69) is 24.4 Å². The van der Waals surface area contributed by atoms with Crippen LogP contribution in [0, 0.1) is 0 Å². The maximum atomic E-state index is 12.5. The number of carbonyl (C=O) groups excluding carboxylic acids is 1. The minimum absolute atomic E-state index is 0.113. The van der Waals surface area contributed by atoms with Gasteiger partial charge >= 0.3 is 7.69 Å². The second-order valence-corrected chi connectivity index (χ2v) is 8.16. The van der Waals surface area contributed by atoms with E-state index in [9.17, 15) is 4.79 Å². The van der Waals surface area contributed by atoms with Crippen molar-refractivity contribution < 1.29 is 19.2 Å². The number of hydrogen-bond acceptors (Lipinski definition) is 5. The minimum atomic E-state index is -0.525. The molecular formula is C21H33BN2O4. The van der Waals surface area contributed by atoms with Gasteiger partial charge in [-0.15, -0.1) is 0 Å². The van der Waals surface area contributed by atoms with E-state index >= 15 is 0 Å². The van der Waals surface area contributed by atoms with E-state index in [-0.39, 0.29) is 16.9 Å². The highest BCUT2D eigenvalue weighted by Gasteiger charge is 2.49. The monoisotopic (exact) mass is 388 g/mol. The summed E-state index contributed by atoms with van der Waals surface area (Å²) in [6, 6.07) is 8.01. The Bertz CT molecular complexity index is 628. The molecule has 0 saturated heterocycles. The predicted molar refractivity (Wildman–Crippen MR) is 110 cm³/mol. The van der Waals surface area contributed by atoms with Crippen LogP contribution in [0.5, 0.6) is 0 Å². The third-order valence-corrected chi connectivity index (χ3v) is 6.63. The first kappa shape index (κ1) is 21.3. The molecule has 1 aromatic rings. The molecule has 7 heteroatoms. The fraction of sp³-hybridized carbons (Fsp3) is 0.667. The van der Waals surface area contributed by atoms with Gasteiger partial charge in [-0.3, -0.25) is 4.79 Å². The van der Waals surface area contributed by atoms with Gasteiger partial charge in [0.25, 0.3) is 5.91 Å². The van der Waals surface area contributed by atoms with Crippen LogP contribution in [0.4, 0.5) is 0 Å². The van der Waals surface area contributed by atoms with Crippen LogP contribution in [0.15, 0.2) is 24.3 Å². The summed E-state index contributed by atoms with van der Waals surface area (Å²) in [6.07, 6.45) is 7.63. The van der Waals surface area contributed by atoms with Gasteiger partial charge in [-0.2, -0.15) is 0 Å². The Morgan fingerprint density at radius 1 is 1.21 bits per heavy atom. The van der Waals surface area contributed by atoms with Gasteiger partial charge in [-0.05, 0) is 87.9 Å². The smallest absolute Gasteiger partial charge is 0.430 e. The van der Waals surface area contributed by atoms with E-state index < -0.39 is 13.9 Å². The van der Waals surface area contributed by atoms with Crippen molar-refractivity contribution in [2.45, 2.75) is 75.5 Å². The molecular weight excluding hydrogens is 355 g/mol. The molecule has 154 valence electrons. The fourth-order valence-electron chi connectivity index (χ4n) is 4.90. The van der Waals surface area contributed by atoms with Crippen LogP contribution in [0.3, 0.4) is 0 Å². The van der Waals surface area contributed by atoms with Crippen molar-refractivity contribution in [1.82, 2.24) is 5.32 Å². The molecule has 4 rings (SSSR count). The number of fused-ring (bicyclic) bond motifs is 3. The van der Waals surface area contributed by atoms with Crippen molar-refractivity contribution in [3.05, 3.63) is 35.4 Å². The van der Waals surface area contributed by atoms with Crippen LogP contribution < -0.4 is 11.1 Å². The lowest BCUT2D eigenvalue weighted by Gasteiger charge is -2.53. The van der Waals surface area contributed by atoms with Crippen LogP contribution >= 0.6 is 0 Å². The summed E-state index contributed by atoms with van der Waals surface area (Å²) in [5.74, 6) is -0.192. The van der Waals surface area contributed by atoms with Gasteiger partial charge in [0.05, 0.1) is 5.60 Å². The number of nitrogens with two attached hydrogens (primary N) is 1. The zero-order valence-electron chi connectivity index (χ0n) is 16.9. The van der Waals surface area contributed by atoms with Gasteiger partial charge in [0.2, 0.25) is 0 Å². The molecule has 1 amide bonds. The number of nitrogens with one attached hydrogen (secondary N) is 1. The molecule has 3 fully saturated rings. The van der Waals surface area contributed by atoms with Crippen LogP contribution in [-0.4, -0.2) is 43.6 Å². The maximum absolute atomic E-state index is 12.5. The van der Waals surface area contributed by atoms with Crippen molar-refractivity contribution in [1.29, 1.82) is 0 Å². The second kappa shape index (κ2) is 9.40. The van der Waals surface area contributed by atoms with E-state index in [1.807, 2.05) is 12.1 Å². The van der Waals surface area contributed by atoms with Crippen LogP contribution in [0.25, 0.3) is 0 Å². The molecule has 0 aromatic heterocycles. The number of hydrogen-bond donors (Lipinski definition) is 3. The largest absolute Gasteiger partial charge is 0.436 e. The van der Waals surface area contributed by atoms with E-state index in [1.54, 1.807) is 0 Å². The topological polar surface area (TPSA) is 93.8 Å². The van der Waals surface area contributed by atoms with Crippen molar-refractivity contribution in [3.63, 3.8) is 0 Å².